The second-order valence-corrected chi connectivity index (χ2v) is 4.10. The van der Waals surface area contributed by atoms with Crippen LogP contribution in [-0.2, 0) is 0 Å². The Balaban J connectivity index is 2.34. The first-order chi connectivity index (χ1) is 8.65. The van der Waals surface area contributed by atoms with E-state index in [-0.39, 0.29) is 5.95 Å². The number of anilines is 1. The molecule has 3 aromatic heterocycles. The zero-order valence-corrected chi connectivity index (χ0v) is 10.3. The highest BCUT2D eigenvalue weighted by Gasteiger charge is 2.15. The molecule has 0 aliphatic rings. The van der Waals surface area contributed by atoms with Crippen LogP contribution < -0.4 is 5.73 Å². The van der Waals surface area contributed by atoms with Crippen molar-refractivity contribution in [1.29, 1.82) is 0 Å². The number of hydrogen-bond acceptors (Lipinski definition) is 5. The minimum atomic E-state index is 0.166. The van der Waals surface area contributed by atoms with Gasteiger partial charge in [0.2, 0.25) is 5.95 Å². The summed E-state index contributed by atoms with van der Waals surface area (Å²) < 4.78 is 1.82. The van der Waals surface area contributed by atoms with Gasteiger partial charge in [-0.25, -0.2) is 9.97 Å². The summed E-state index contributed by atoms with van der Waals surface area (Å²) in [6.07, 6.45) is 1.85. The van der Waals surface area contributed by atoms with Crippen molar-refractivity contribution >= 4 is 23.2 Å². The average Bonchev–Trinajstić information content (AvgIpc) is 2.63. The van der Waals surface area contributed by atoms with E-state index in [4.69, 9.17) is 17.3 Å². The van der Waals surface area contributed by atoms with E-state index in [0.29, 0.717) is 22.5 Å². The Morgan fingerprint density at radius 2 is 2.00 bits per heavy atom. The molecule has 0 aliphatic carbocycles. The van der Waals surface area contributed by atoms with E-state index >= 15 is 0 Å². The van der Waals surface area contributed by atoms with E-state index in [1.807, 2.05) is 28.8 Å². The van der Waals surface area contributed by atoms with Crippen molar-refractivity contribution in [2.24, 2.45) is 0 Å². The third-order valence-corrected chi connectivity index (χ3v) is 2.73. The van der Waals surface area contributed by atoms with Crippen LogP contribution in [0.15, 0.2) is 24.4 Å². The molecule has 3 heterocycles. The minimum Gasteiger partial charge on any atom is -0.368 e. The molecular formula is C11H9ClN6. The number of imidazole rings is 1. The molecule has 2 N–H and O–H groups in total. The molecule has 6 nitrogen and oxygen atoms in total. The molecule has 0 aliphatic heterocycles. The van der Waals surface area contributed by atoms with Crippen molar-refractivity contribution in [2.75, 3.05) is 5.73 Å². The third kappa shape index (κ3) is 1.67. The van der Waals surface area contributed by atoms with Gasteiger partial charge in [0.25, 0.3) is 0 Å². The topological polar surface area (TPSA) is 82.0 Å². The van der Waals surface area contributed by atoms with E-state index < -0.39 is 0 Å². The number of hydrogen-bond donors (Lipinski definition) is 1. The van der Waals surface area contributed by atoms with Gasteiger partial charge < -0.3 is 5.73 Å². The predicted octanol–water partition coefficient (Wildman–Crippen LogP) is 1.73. The Morgan fingerprint density at radius 1 is 1.17 bits per heavy atom. The van der Waals surface area contributed by atoms with Crippen molar-refractivity contribution in [3.63, 3.8) is 0 Å². The number of nitrogens with zero attached hydrogens (tertiary/aromatic N) is 5. The van der Waals surface area contributed by atoms with E-state index in [1.165, 1.54) is 0 Å². The van der Waals surface area contributed by atoms with Crippen LogP contribution in [0.1, 0.15) is 5.82 Å². The Hall–Kier alpha value is -2.21. The average molecular weight is 261 g/mol. The lowest BCUT2D eigenvalue weighted by Crippen LogP contribution is -2.03. The quantitative estimate of drug-likeness (QED) is 0.720. The monoisotopic (exact) mass is 260 g/mol. The molecule has 0 bridgehead atoms. The van der Waals surface area contributed by atoms with Crippen LogP contribution in [0.2, 0.25) is 5.15 Å². The highest BCUT2D eigenvalue weighted by molar-refractivity contribution is 6.32. The van der Waals surface area contributed by atoms with E-state index in [1.54, 1.807) is 6.92 Å². The number of fused-ring (bicyclic) bond motifs is 1. The second kappa shape index (κ2) is 3.92. The van der Waals surface area contributed by atoms with Gasteiger partial charge in [0.15, 0.2) is 11.0 Å². The molecule has 18 heavy (non-hydrogen) atoms. The summed E-state index contributed by atoms with van der Waals surface area (Å²) in [6, 6.07) is 5.62. The molecule has 0 unspecified atom stereocenters. The molecule has 0 fully saturated rings. The van der Waals surface area contributed by atoms with Gasteiger partial charge in [-0.1, -0.05) is 17.7 Å². The summed E-state index contributed by atoms with van der Waals surface area (Å²) in [6.45, 7) is 1.75. The highest BCUT2D eigenvalue weighted by atomic mass is 35.5. The van der Waals surface area contributed by atoms with Gasteiger partial charge in [0, 0.05) is 6.20 Å². The van der Waals surface area contributed by atoms with Gasteiger partial charge in [0.1, 0.15) is 17.2 Å². The fraction of sp³-hybridized carbons (Fsp3) is 0.0909. The molecule has 3 rings (SSSR count). The molecule has 3 aromatic rings. The van der Waals surface area contributed by atoms with Crippen molar-refractivity contribution in [2.45, 2.75) is 6.92 Å². The first-order valence-electron chi connectivity index (χ1n) is 5.26. The Morgan fingerprint density at radius 3 is 2.78 bits per heavy atom. The molecule has 0 saturated heterocycles. The van der Waals surface area contributed by atoms with Crippen molar-refractivity contribution in [3.8, 4) is 11.5 Å². The van der Waals surface area contributed by atoms with E-state index in [2.05, 4.69) is 19.9 Å². The van der Waals surface area contributed by atoms with Gasteiger partial charge in [-0.15, -0.1) is 0 Å². The normalized spacial score (nSPS) is 11.0. The SMILES string of the molecule is Cc1nc(N)nc(-c2c(Cl)nc3ccccn23)n1. The molecule has 0 aromatic carbocycles. The summed E-state index contributed by atoms with van der Waals surface area (Å²) in [5.74, 6) is 1.13. The lowest BCUT2D eigenvalue weighted by atomic mass is 10.4. The van der Waals surface area contributed by atoms with E-state index in [9.17, 15) is 0 Å². The molecule has 0 radical (unpaired) electrons. The maximum absolute atomic E-state index is 6.13. The fourth-order valence-corrected chi connectivity index (χ4v) is 2.04. The molecule has 0 saturated carbocycles. The summed E-state index contributed by atoms with van der Waals surface area (Å²) in [5.41, 5.74) is 6.97. The van der Waals surface area contributed by atoms with Crippen LogP contribution in [-0.4, -0.2) is 24.3 Å². The molecule has 0 spiro atoms. The lowest BCUT2D eigenvalue weighted by Gasteiger charge is -2.02. The largest absolute Gasteiger partial charge is 0.368 e. The zero-order valence-electron chi connectivity index (χ0n) is 9.50. The second-order valence-electron chi connectivity index (χ2n) is 3.74. The van der Waals surface area contributed by atoms with Gasteiger partial charge in [-0.3, -0.25) is 4.40 Å². The van der Waals surface area contributed by atoms with Gasteiger partial charge in [-0.2, -0.15) is 9.97 Å². The number of aryl methyl sites for hydroxylation is 1. The first kappa shape index (κ1) is 10.9. The number of rotatable bonds is 1. The predicted molar refractivity (Wildman–Crippen MR) is 68.2 cm³/mol. The summed E-state index contributed by atoms with van der Waals surface area (Å²) >= 11 is 6.13. The summed E-state index contributed by atoms with van der Waals surface area (Å²) in [5, 5.41) is 0.339. The van der Waals surface area contributed by atoms with Crippen LogP contribution in [0.25, 0.3) is 17.2 Å². The third-order valence-electron chi connectivity index (χ3n) is 2.46. The van der Waals surface area contributed by atoms with Crippen LogP contribution in [0.3, 0.4) is 0 Å². The van der Waals surface area contributed by atoms with Crippen LogP contribution in [0.5, 0.6) is 0 Å². The molecule has 7 heteroatoms. The zero-order chi connectivity index (χ0) is 12.7. The van der Waals surface area contributed by atoms with Crippen molar-refractivity contribution in [1.82, 2.24) is 24.3 Å². The molecule has 90 valence electrons. The first-order valence-corrected chi connectivity index (χ1v) is 5.64. The Kier molecular flexibility index (Phi) is 2.38. The maximum Gasteiger partial charge on any atom is 0.223 e. The van der Waals surface area contributed by atoms with Crippen molar-refractivity contribution < 1.29 is 0 Å². The number of halogens is 1. The summed E-state index contributed by atoms with van der Waals surface area (Å²) in [4.78, 5) is 16.5. The number of pyridine rings is 1. The smallest absolute Gasteiger partial charge is 0.223 e. The number of aromatic nitrogens is 5. The van der Waals surface area contributed by atoms with Crippen molar-refractivity contribution in [3.05, 3.63) is 35.4 Å². The molecule has 0 amide bonds. The van der Waals surface area contributed by atoms with Gasteiger partial charge >= 0.3 is 0 Å². The highest BCUT2D eigenvalue weighted by Crippen LogP contribution is 2.26. The molecular weight excluding hydrogens is 252 g/mol. The van der Waals surface area contributed by atoms with Crippen LogP contribution in [0, 0.1) is 6.92 Å². The fourth-order valence-electron chi connectivity index (χ4n) is 1.78. The van der Waals surface area contributed by atoms with Crippen LogP contribution in [0.4, 0.5) is 5.95 Å². The molecule has 0 atom stereocenters. The Labute approximate surface area is 107 Å². The van der Waals surface area contributed by atoms with E-state index in [0.717, 1.165) is 5.65 Å². The van der Waals surface area contributed by atoms with Gasteiger partial charge in [-0.05, 0) is 19.1 Å². The standard InChI is InChI=1S/C11H9ClN6/c1-6-14-10(17-11(13)15-6)8-9(12)16-7-4-2-3-5-18(7)8/h2-5H,1H3,(H2,13,14,15,17). The number of nitrogen functional groups attached to an aromatic ring is 1. The Bertz CT molecular complexity index is 715. The lowest BCUT2D eigenvalue weighted by molar-refractivity contribution is 0.983. The van der Waals surface area contributed by atoms with Gasteiger partial charge in [0.05, 0.1) is 0 Å². The summed E-state index contributed by atoms with van der Waals surface area (Å²) in [7, 11) is 0. The number of nitrogens with two attached hydrogens (primary N) is 1. The van der Waals surface area contributed by atoms with Crippen LogP contribution >= 0.6 is 11.6 Å². The minimum absolute atomic E-state index is 0.166. The maximum atomic E-state index is 6.13.